The number of aromatic hydroxyl groups is 1. The first-order chi connectivity index (χ1) is 9.03. The lowest BCUT2D eigenvalue weighted by Gasteiger charge is -2.47. The first-order valence-corrected chi connectivity index (χ1v) is 6.42. The number of likely N-dealkylation sites (tertiary alicyclic amines) is 1. The van der Waals surface area contributed by atoms with Crippen molar-refractivity contribution in [2.45, 2.75) is 18.4 Å². The quantitative estimate of drug-likeness (QED) is 0.853. The molecule has 1 heterocycles. The molecule has 1 aliphatic carbocycles. The molecule has 0 atom stereocenters. The van der Waals surface area contributed by atoms with Gasteiger partial charge in [0, 0.05) is 5.56 Å². The Kier molecular flexibility index (Phi) is 2.67. The van der Waals surface area contributed by atoms with Crippen LogP contribution >= 0.6 is 0 Å². The maximum atomic E-state index is 12.2. The summed E-state index contributed by atoms with van der Waals surface area (Å²) in [5, 5.41) is 19.9. The second-order valence-electron chi connectivity index (χ2n) is 5.43. The predicted molar refractivity (Wildman–Crippen MR) is 68.2 cm³/mol. The zero-order chi connectivity index (χ0) is 13.6. The van der Waals surface area contributed by atoms with Crippen molar-refractivity contribution in [1.29, 1.82) is 0 Å². The highest BCUT2D eigenvalue weighted by Gasteiger charge is 2.53. The number of hydrogen-bond donors (Lipinski definition) is 2. The third-order valence-electron chi connectivity index (χ3n) is 3.98. The van der Waals surface area contributed by atoms with E-state index in [0.29, 0.717) is 30.3 Å². The second kappa shape index (κ2) is 4.13. The Labute approximate surface area is 111 Å². The van der Waals surface area contributed by atoms with Crippen LogP contribution in [0.25, 0.3) is 0 Å². The largest absolute Gasteiger partial charge is 0.504 e. The Balaban J connectivity index is 1.70. The van der Waals surface area contributed by atoms with E-state index in [2.05, 4.69) is 0 Å². The van der Waals surface area contributed by atoms with Crippen LogP contribution in [0, 0.1) is 5.92 Å². The van der Waals surface area contributed by atoms with Gasteiger partial charge >= 0.3 is 0 Å². The standard InChI is InChI=1S/C14H17NO4/c1-19-12-5-2-9(6-11(12)16)13(17)15-7-14(18,8-15)10-3-4-10/h2,5-6,10,16,18H,3-4,7-8H2,1H3. The highest BCUT2D eigenvalue weighted by Crippen LogP contribution is 2.44. The molecule has 2 N–H and O–H groups in total. The fourth-order valence-electron chi connectivity index (χ4n) is 2.64. The zero-order valence-electron chi connectivity index (χ0n) is 10.8. The Bertz CT molecular complexity index is 518. The van der Waals surface area contributed by atoms with Gasteiger partial charge in [0.05, 0.1) is 20.2 Å². The van der Waals surface area contributed by atoms with Crippen LogP contribution in [0.5, 0.6) is 11.5 Å². The molecule has 102 valence electrons. The number of hydrogen-bond acceptors (Lipinski definition) is 4. The van der Waals surface area contributed by atoms with E-state index < -0.39 is 5.60 Å². The molecule has 1 aromatic rings. The van der Waals surface area contributed by atoms with Crippen molar-refractivity contribution < 1.29 is 19.7 Å². The Hall–Kier alpha value is -1.75. The van der Waals surface area contributed by atoms with E-state index in [-0.39, 0.29) is 11.7 Å². The molecule has 1 amide bonds. The Morgan fingerprint density at radius 1 is 1.42 bits per heavy atom. The van der Waals surface area contributed by atoms with Crippen molar-refractivity contribution in [2.24, 2.45) is 5.92 Å². The van der Waals surface area contributed by atoms with Gasteiger partial charge in [-0.25, -0.2) is 0 Å². The maximum absolute atomic E-state index is 12.2. The van der Waals surface area contributed by atoms with Gasteiger partial charge in [0.25, 0.3) is 5.91 Å². The van der Waals surface area contributed by atoms with Gasteiger partial charge in [0.2, 0.25) is 0 Å². The van der Waals surface area contributed by atoms with Gasteiger partial charge in [-0.1, -0.05) is 0 Å². The monoisotopic (exact) mass is 263 g/mol. The summed E-state index contributed by atoms with van der Waals surface area (Å²) < 4.78 is 4.94. The van der Waals surface area contributed by atoms with E-state index in [0.717, 1.165) is 12.8 Å². The van der Waals surface area contributed by atoms with E-state index in [1.165, 1.54) is 13.2 Å². The number of phenols is 1. The highest BCUT2D eigenvalue weighted by molar-refractivity contribution is 5.95. The summed E-state index contributed by atoms with van der Waals surface area (Å²) in [5.41, 5.74) is -0.263. The van der Waals surface area contributed by atoms with Crippen molar-refractivity contribution in [1.82, 2.24) is 4.90 Å². The third-order valence-corrected chi connectivity index (χ3v) is 3.98. The second-order valence-corrected chi connectivity index (χ2v) is 5.43. The van der Waals surface area contributed by atoms with E-state index in [4.69, 9.17) is 4.74 Å². The first kappa shape index (κ1) is 12.3. The van der Waals surface area contributed by atoms with E-state index in [1.54, 1.807) is 17.0 Å². The first-order valence-electron chi connectivity index (χ1n) is 6.42. The van der Waals surface area contributed by atoms with Crippen molar-refractivity contribution in [2.75, 3.05) is 20.2 Å². The van der Waals surface area contributed by atoms with Crippen LogP contribution in [-0.4, -0.2) is 46.8 Å². The zero-order valence-corrected chi connectivity index (χ0v) is 10.8. The number of ether oxygens (including phenoxy) is 1. The minimum Gasteiger partial charge on any atom is -0.504 e. The molecule has 0 unspecified atom stereocenters. The van der Waals surface area contributed by atoms with Gasteiger partial charge in [0.1, 0.15) is 5.60 Å². The molecular weight excluding hydrogens is 246 g/mol. The molecule has 0 radical (unpaired) electrons. The molecule has 2 aliphatic rings. The number of β-amino-alcohol motifs (C(OH)–C–C–N with tert-alkyl or cyclic N) is 1. The van der Waals surface area contributed by atoms with E-state index >= 15 is 0 Å². The van der Waals surface area contributed by atoms with E-state index in [1.807, 2.05) is 0 Å². The molecule has 0 aromatic heterocycles. The Morgan fingerprint density at radius 2 is 2.11 bits per heavy atom. The lowest BCUT2D eigenvalue weighted by molar-refractivity contribution is -0.0958. The molecule has 1 saturated heterocycles. The molecule has 1 aromatic carbocycles. The number of carbonyl (C=O) groups excluding carboxylic acids is 1. The minimum absolute atomic E-state index is 0.0497. The van der Waals surface area contributed by atoms with Crippen molar-refractivity contribution in [3.8, 4) is 11.5 Å². The van der Waals surface area contributed by atoms with Gasteiger partial charge < -0.3 is 19.8 Å². The van der Waals surface area contributed by atoms with Gasteiger partial charge in [-0.3, -0.25) is 4.79 Å². The topological polar surface area (TPSA) is 70.0 Å². The van der Waals surface area contributed by atoms with Crippen molar-refractivity contribution >= 4 is 5.91 Å². The van der Waals surface area contributed by atoms with Gasteiger partial charge in [-0.15, -0.1) is 0 Å². The Morgan fingerprint density at radius 3 is 2.63 bits per heavy atom. The molecule has 5 nitrogen and oxygen atoms in total. The molecule has 5 heteroatoms. The summed E-state index contributed by atoms with van der Waals surface area (Å²) in [4.78, 5) is 13.8. The molecule has 1 aliphatic heterocycles. The van der Waals surface area contributed by atoms with Crippen LogP contribution in [0.1, 0.15) is 23.2 Å². The highest BCUT2D eigenvalue weighted by atomic mass is 16.5. The molecule has 1 saturated carbocycles. The average molecular weight is 263 g/mol. The number of methoxy groups -OCH3 is 1. The maximum Gasteiger partial charge on any atom is 0.254 e. The number of rotatable bonds is 3. The smallest absolute Gasteiger partial charge is 0.254 e. The van der Waals surface area contributed by atoms with Crippen LogP contribution in [0.3, 0.4) is 0 Å². The number of carbonyl (C=O) groups is 1. The summed E-state index contributed by atoms with van der Waals surface area (Å²) in [6.45, 7) is 0.784. The van der Waals surface area contributed by atoms with Crippen molar-refractivity contribution in [3.63, 3.8) is 0 Å². The SMILES string of the molecule is COc1ccc(C(=O)N2CC(O)(C3CC3)C2)cc1O. The van der Waals surface area contributed by atoms with Crippen LogP contribution < -0.4 is 4.74 Å². The van der Waals surface area contributed by atoms with Gasteiger partial charge in [-0.05, 0) is 37.0 Å². The fourth-order valence-corrected chi connectivity index (χ4v) is 2.64. The molecule has 0 spiro atoms. The molecule has 3 rings (SSSR count). The number of amides is 1. The normalized spacial score (nSPS) is 20.8. The number of phenolic OH excluding ortho intramolecular Hbond substituents is 1. The summed E-state index contributed by atoms with van der Waals surface area (Å²) >= 11 is 0. The lowest BCUT2D eigenvalue weighted by Crippen LogP contribution is -2.64. The summed E-state index contributed by atoms with van der Waals surface area (Å²) in [7, 11) is 1.46. The average Bonchev–Trinajstić information content (AvgIpc) is 3.18. The van der Waals surface area contributed by atoms with Gasteiger partial charge in [0.15, 0.2) is 11.5 Å². The molecule has 0 bridgehead atoms. The summed E-state index contributed by atoms with van der Waals surface area (Å²) in [5.74, 6) is 0.491. The fraction of sp³-hybridized carbons (Fsp3) is 0.500. The van der Waals surface area contributed by atoms with Crippen LogP contribution in [0.15, 0.2) is 18.2 Å². The molecule has 2 fully saturated rings. The molecule has 19 heavy (non-hydrogen) atoms. The van der Waals surface area contributed by atoms with Crippen LogP contribution in [-0.2, 0) is 0 Å². The minimum atomic E-state index is -0.676. The summed E-state index contributed by atoms with van der Waals surface area (Å²) in [6, 6.07) is 4.58. The van der Waals surface area contributed by atoms with Crippen LogP contribution in [0.2, 0.25) is 0 Å². The lowest BCUT2D eigenvalue weighted by atomic mass is 9.88. The predicted octanol–water partition coefficient (Wildman–Crippen LogP) is 0.998. The number of benzene rings is 1. The summed E-state index contributed by atoms with van der Waals surface area (Å²) in [6.07, 6.45) is 2.11. The van der Waals surface area contributed by atoms with E-state index in [9.17, 15) is 15.0 Å². The third kappa shape index (κ3) is 2.04. The van der Waals surface area contributed by atoms with Crippen molar-refractivity contribution in [3.05, 3.63) is 23.8 Å². The number of nitrogens with zero attached hydrogens (tertiary/aromatic N) is 1. The van der Waals surface area contributed by atoms with Gasteiger partial charge in [-0.2, -0.15) is 0 Å². The molecular formula is C14H17NO4. The number of aliphatic hydroxyl groups is 1. The van der Waals surface area contributed by atoms with Crippen LogP contribution in [0.4, 0.5) is 0 Å².